The molecule has 2 aromatic heterocycles. The van der Waals surface area contributed by atoms with Crippen molar-refractivity contribution in [3.05, 3.63) is 60.4 Å². The summed E-state index contributed by atoms with van der Waals surface area (Å²) in [6, 6.07) is 17.7. The van der Waals surface area contributed by atoms with Crippen LogP contribution >= 0.6 is 0 Å². The zero-order valence-electron chi connectivity index (χ0n) is 22.5. The molecular formula is C30H36N8O. The van der Waals surface area contributed by atoms with Gasteiger partial charge in [0.15, 0.2) is 5.65 Å². The van der Waals surface area contributed by atoms with Gasteiger partial charge in [0.2, 0.25) is 0 Å². The summed E-state index contributed by atoms with van der Waals surface area (Å²) in [6.45, 7) is 5.31. The van der Waals surface area contributed by atoms with E-state index in [2.05, 4.69) is 73.2 Å². The number of benzene rings is 2. The molecule has 1 atom stereocenters. The fourth-order valence-electron chi connectivity index (χ4n) is 6.51. The van der Waals surface area contributed by atoms with E-state index < -0.39 is 0 Å². The number of hydrogen-bond acceptors (Lipinski definition) is 8. The summed E-state index contributed by atoms with van der Waals surface area (Å²) in [5.41, 5.74) is 11.3. The van der Waals surface area contributed by atoms with Crippen LogP contribution in [-0.2, 0) is 0 Å². The van der Waals surface area contributed by atoms with Crippen molar-refractivity contribution in [1.29, 1.82) is 0 Å². The van der Waals surface area contributed by atoms with Gasteiger partial charge in [0.05, 0.1) is 17.5 Å². The predicted molar refractivity (Wildman–Crippen MR) is 154 cm³/mol. The minimum Gasteiger partial charge on any atom is -0.491 e. The van der Waals surface area contributed by atoms with Gasteiger partial charge in [0, 0.05) is 49.0 Å². The van der Waals surface area contributed by atoms with E-state index in [1.165, 1.54) is 44.6 Å². The number of ether oxygens (including phenoxy) is 1. The third kappa shape index (κ3) is 4.59. The lowest BCUT2D eigenvalue weighted by atomic mass is 9.90. The first-order valence-electron chi connectivity index (χ1n) is 14.1. The van der Waals surface area contributed by atoms with Crippen LogP contribution in [-0.4, -0.2) is 75.4 Å². The van der Waals surface area contributed by atoms with Crippen molar-refractivity contribution in [3.63, 3.8) is 0 Å². The number of nitrogens with zero attached hydrogens (tertiary/aromatic N) is 6. The lowest BCUT2D eigenvalue weighted by Crippen LogP contribution is -2.49. The predicted octanol–water partition coefficient (Wildman–Crippen LogP) is 4.35. The molecule has 3 N–H and O–H groups in total. The van der Waals surface area contributed by atoms with E-state index >= 15 is 0 Å². The molecule has 1 aliphatic carbocycles. The molecule has 9 heteroatoms. The fourth-order valence-corrected chi connectivity index (χ4v) is 6.51. The van der Waals surface area contributed by atoms with Gasteiger partial charge in [-0.2, -0.15) is 5.10 Å². The summed E-state index contributed by atoms with van der Waals surface area (Å²) in [7, 11) is 2.22. The molecule has 4 aromatic rings. The highest BCUT2D eigenvalue weighted by atomic mass is 16.5. The summed E-state index contributed by atoms with van der Waals surface area (Å²) >= 11 is 0. The number of nitrogens with two attached hydrogens (primary N) is 1. The molecule has 9 nitrogen and oxygen atoms in total. The number of anilines is 2. The molecule has 39 heavy (non-hydrogen) atoms. The molecular weight excluding hydrogens is 488 g/mol. The van der Waals surface area contributed by atoms with Crippen LogP contribution in [0.4, 0.5) is 11.5 Å². The summed E-state index contributed by atoms with van der Waals surface area (Å²) < 4.78 is 7.96. The Labute approximate surface area is 229 Å². The van der Waals surface area contributed by atoms with Gasteiger partial charge in [-0.15, -0.1) is 0 Å². The van der Waals surface area contributed by atoms with Crippen molar-refractivity contribution < 1.29 is 4.74 Å². The van der Waals surface area contributed by atoms with E-state index in [4.69, 9.17) is 15.6 Å². The number of hydrogen-bond donors (Lipinski definition) is 2. The molecule has 202 valence electrons. The van der Waals surface area contributed by atoms with Crippen LogP contribution in [0.25, 0.3) is 22.3 Å². The van der Waals surface area contributed by atoms with Crippen molar-refractivity contribution in [2.24, 2.45) is 0 Å². The third-order valence-electron chi connectivity index (χ3n) is 8.78. The molecule has 0 spiro atoms. The van der Waals surface area contributed by atoms with E-state index in [0.717, 1.165) is 46.6 Å². The van der Waals surface area contributed by atoms with Crippen molar-refractivity contribution >= 4 is 22.5 Å². The van der Waals surface area contributed by atoms with Gasteiger partial charge in [0.25, 0.3) is 0 Å². The number of fused-ring (bicyclic) bond motifs is 2. The summed E-state index contributed by atoms with van der Waals surface area (Å²) in [4.78, 5) is 14.1. The van der Waals surface area contributed by atoms with Gasteiger partial charge in [0.1, 0.15) is 30.2 Å². The number of aromatic nitrogens is 4. The molecule has 2 fully saturated rings. The van der Waals surface area contributed by atoms with E-state index in [9.17, 15) is 0 Å². The number of rotatable bonds is 5. The van der Waals surface area contributed by atoms with Crippen LogP contribution in [0.15, 0.2) is 54.9 Å². The lowest BCUT2D eigenvalue weighted by Gasteiger charge is -2.41. The second kappa shape index (κ2) is 10.1. The van der Waals surface area contributed by atoms with E-state index in [1.807, 2.05) is 12.1 Å². The largest absolute Gasteiger partial charge is 0.491 e. The molecule has 1 saturated carbocycles. The van der Waals surface area contributed by atoms with Gasteiger partial charge in [-0.1, -0.05) is 30.3 Å². The van der Waals surface area contributed by atoms with Crippen molar-refractivity contribution in [2.45, 2.75) is 43.8 Å². The number of nitrogen functional groups attached to an aromatic ring is 1. The molecule has 1 saturated heterocycles. The van der Waals surface area contributed by atoms with Crippen LogP contribution in [0.1, 0.15) is 43.3 Å². The molecule has 2 aromatic carbocycles. The number of nitrogens with one attached hydrogen (secondary N) is 1. The SMILES string of the molecule is CN1CCN(C2CCC(n3nc(-c4ccc(NC5COc6ccccc65)cc4)c4c(N)ncnc43)CC2)CC1. The maximum Gasteiger partial charge on any atom is 0.164 e. The zero-order chi connectivity index (χ0) is 26.3. The molecule has 4 heterocycles. The number of likely N-dealkylation sites (N-methyl/N-ethyl adjacent to an activating group) is 1. The molecule has 0 radical (unpaired) electrons. The summed E-state index contributed by atoms with van der Waals surface area (Å²) in [5, 5.41) is 9.58. The standard InChI is InChI=1S/C30H36N8O/c1-36-14-16-37(17-15-36)22-10-12-23(13-11-22)38-30-27(29(31)32-19-33-30)28(35-38)20-6-8-21(9-7-20)34-25-18-39-26-5-3-2-4-24(25)26/h2-9,19,22-23,25,34H,10-18H2,1H3,(H2,31,32,33). The van der Waals surface area contributed by atoms with Crippen molar-refractivity contribution in [3.8, 4) is 17.0 Å². The van der Waals surface area contributed by atoms with E-state index in [1.54, 1.807) is 6.33 Å². The Kier molecular flexibility index (Phi) is 6.33. The van der Waals surface area contributed by atoms with Crippen LogP contribution in [0.3, 0.4) is 0 Å². The Morgan fingerprint density at radius 1 is 0.897 bits per heavy atom. The first-order chi connectivity index (χ1) is 19.1. The van der Waals surface area contributed by atoms with Crippen molar-refractivity contribution in [2.75, 3.05) is 50.9 Å². The molecule has 0 bridgehead atoms. The van der Waals surface area contributed by atoms with E-state index in [0.29, 0.717) is 24.5 Å². The molecule has 0 amide bonds. The topological polar surface area (TPSA) is 97.4 Å². The first-order valence-corrected chi connectivity index (χ1v) is 14.1. The zero-order valence-corrected chi connectivity index (χ0v) is 22.5. The maximum atomic E-state index is 6.41. The van der Waals surface area contributed by atoms with Gasteiger partial charge >= 0.3 is 0 Å². The Bertz CT molecular complexity index is 1450. The van der Waals surface area contributed by atoms with Crippen LogP contribution < -0.4 is 15.8 Å². The number of para-hydroxylation sites is 1. The maximum absolute atomic E-state index is 6.41. The van der Waals surface area contributed by atoms with Gasteiger partial charge < -0.3 is 20.7 Å². The average Bonchev–Trinajstić information content (AvgIpc) is 3.57. The van der Waals surface area contributed by atoms with Gasteiger partial charge in [-0.25, -0.2) is 14.6 Å². The number of piperazine rings is 1. The molecule has 1 unspecified atom stereocenters. The first kappa shape index (κ1) is 24.4. The van der Waals surface area contributed by atoms with Gasteiger partial charge in [-0.05, 0) is 50.9 Å². The van der Waals surface area contributed by atoms with Crippen LogP contribution in [0.5, 0.6) is 5.75 Å². The second-order valence-electron chi connectivity index (χ2n) is 11.2. The third-order valence-corrected chi connectivity index (χ3v) is 8.78. The Balaban J connectivity index is 1.11. The van der Waals surface area contributed by atoms with Crippen LogP contribution in [0.2, 0.25) is 0 Å². The highest BCUT2D eigenvalue weighted by Crippen LogP contribution is 2.38. The highest BCUT2D eigenvalue weighted by Gasteiger charge is 2.31. The van der Waals surface area contributed by atoms with Gasteiger partial charge in [-0.3, -0.25) is 4.90 Å². The minimum absolute atomic E-state index is 0.136. The smallest absolute Gasteiger partial charge is 0.164 e. The fraction of sp³-hybridized carbons (Fsp3) is 0.433. The molecule has 3 aliphatic rings. The van der Waals surface area contributed by atoms with E-state index in [-0.39, 0.29) is 6.04 Å². The van der Waals surface area contributed by atoms with Crippen LogP contribution in [0, 0.1) is 0 Å². The average molecular weight is 525 g/mol. The quantitative estimate of drug-likeness (QED) is 0.398. The second-order valence-corrected chi connectivity index (χ2v) is 11.2. The monoisotopic (exact) mass is 524 g/mol. The normalized spacial score (nSPS) is 24.0. The lowest BCUT2D eigenvalue weighted by molar-refractivity contribution is 0.0815. The van der Waals surface area contributed by atoms with Crippen molar-refractivity contribution in [1.82, 2.24) is 29.5 Å². The minimum atomic E-state index is 0.136. The Hall–Kier alpha value is -3.69. The highest BCUT2D eigenvalue weighted by molar-refractivity contribution is 5.98. The summed E-state index contributed by atoms with van der Waals surface area (Å²) in [5.74, 6) is 1.44. The Morgan fingerprint density at radius 2 is 1.64 bits per heavy atom. The molecule has 7 rings (SSSR count). The summed E-state index contributed by atoms with van der Waals surface area (Å²) in [6.07, 6.45) is 6.15. The molecule has 2 aliphatic heterocycles. The Morgan fingerprint density at radius 3 is 2.44 bits per heavy atom.